The van der Waals surface area contributed by atoms with Gasteiger partial charge in [-0.25, -0.2) is 0 Å². The molecule has 16 N–H and O–H groups in total. The van der Waals surface area contributed by atoms with Crippen molar-refractivity contribution in [2.24, 2.45) is 29.0 Å². The van der Waals surface area contributed by atoms with Gasteiger partial charge in [0, 0.05) is 13.0 Å². The molecule has 0 unspecified atom stereocenters. The van der Waals surface area contributed by atoms with Crippen LogP contribution in [0.1, 0.15) is 99.3 Å². The summed E-state index contributed by atoms with van der Waals surface area (Å²) < 4.78 is 0. The molecule has 1 saturated heterocycles. The van der Waals surface area contributed by atoms with Crippen LogP contribution in [0.25, 0.3) is 0 Å². The summed E-state index contributed by atoms with van der Waals surface area (Å²) in [7, 11) is 0. The highest BCUT2D eigenvalue weighted by Crippen LogP contribution is 2.20. The van der Waals surface area contributed by atoms with E-state index in [1.54, 1.807) is 20.1 Å². The fraction of sp³-hybridized carbons (Fsp3) is 0.721. The summed E-state index contributed by atoms with van der Waals surface area (Å²) in [4.78, 5) is 157. The summed E-state index contributed by atoms with van der Waals surface area (Å²) >= 11 is 1.36. The minimum Gasteiger partial charge on any atom is -0.481 e. The third-order valence-electron chi connectivity index (χ3n) is 10.9. The number of nitrogens with zero attached hydrogens (tertiary/aromatic N) is 1. The van der Waals surface area contributed by atoms with Gasteiger partial charge in [0.1, 0.15) is 54.6 Å². The molecule has 1 fully saturated rings. The van der Waals surface area contributed by atoms with Gasteiger partial charge in [0.15, 0.2) is 0 Å². The molecule has 0 aromatic carbocycles. The zero-order valence-corrected chi connectivity index (χ0v) is 41.5. The van der Waals surface area contributed by atoms with Gasteiger partial charge in [0.05, 0.1) is 31.1 Å². The lowest BCUT2D eigenvalue weighted by Crippen LogP contribution is -2.62. The largest absolute Gasteiger partial charge is 0.481 e. The Morgan fingerprint density at radius 1 is 0.643 bits per heavy atom. The van der Waals surface area contributed by atoms with Crippen molar-refractivity contribution in [1.82, 2.24) is 42.1 Å². The number of primary amides is 2. The molecule has 0 aromatic heterocycles. The summed E-state index contributed by atoms with van der Waals surface area (Å²) in [5.41, 5.74) is 16.5. The van der Waals surface area contributed by atoms with Crippen molar-refractivity contribution in [3.05, 3.63) is 0 Å². The van der Waals surface area contributed by atoms with Crippen LogP contribution in [0.2, 0.25) is 0 Å². The van der Waals surface area contributed by atoms with Crippen molar-refractivity contribution in [1.29, 1.82) is 0 Å². The van der Waals surface area contributed by atoms with Gasteiger partial charge >= 0.3 is 5.97 Å². The molecule has 1 aliphatic heterocycles. The number of rotatable bonds is 32. The maximum Gasteiger partial charge on any atom is 0.305 e. The molecule has 1 rings (SSSR count). The average molecular weight is 1020 g/mol. The van der Waals surface area contributed by atoms with Gasteiger partial charge in [-0.2, -0.15) is 11.8 Å². The van der Waals surface area contributed by atoms with E-state index in [-0.39, 0.29) is 37.6 Å². The predicted octanol–water partition coefficient (Wildman–Crippen LogP) is -4.88. The molecular formula is C43H73N11O15S. The number of thioether (sulfide) groups is 1. The van der Waals surface area contributed by atoms with Crippen molar-refractivity contribution in [3.8, 4) is 0 Å². The van der Waals surface area contributed by atoms with Crippen LogP contribution < -0.4 is 54.4 Å². The Hall–Kier alpha value is -5.93. The van der Waals surface area contributed by atoms with Crippen LogP contribution in [0.15, 0.2) is 0 Å². The van der Waals surface area contributed by atoms with E-state index in [1.165, 1.54) is 18.7 Å². The standard InChI is InChI=1S/C43H73N11O15S/c1-20(2)15-24(19-55)47-36(62)26(12-14-70-7)49-42(68)35(23(6)57)53-40(66)28(17-32(45)59)51-38(64)27(16-21(3)4)50-39(65)29(18-33(60)61)52-37(63)25(10-11-31(44)58)48-41(67)30-9-8-13-54(30)43(69)34(46)22(5)56/h19-30,34-35,56-57H,8-18,46H2,1-7H3,(H2,44,58)(H2,45,59)(H,47,62)(H,48,67)(H,49,68)(H,50,65)(H,51,64)(H,52,63)(H,53,66)(H,60,61)/t22-,23-,24+,25+,26+,27+,28+,29+,30+,34+,35+/m1/s1. The number of nitrogens with one attached hydrogen (secondary N) is 7. The molecule has 0 saturated carbocycles. The van der Waals surface area contributed by atoms with Gasteiger partial charge in [-0.05, 0) is 76.2 Å². The number of hydrogen-bond donors (Lipinski definition) is 13. The summed E-state index contributed by atoms with van der Waals surface area (Å²) in [5.74, 6) is -11.6. The number of hydrogen-bond acceptors (Lipinski definition) is 16. The van der Waals surface area contributed by atoms with Gasteiger partial charge in [-0.15, -0.1) is 0 Å². The van der Waals surface area contributed by atoms with Crippen LogP contribution in [-0.2, 0) is 57.5 Å². The summed E-state index contributed by atoms with van der Waals surface area (Å²) in [5, 5.41) is 46.7. The number of carbonyl (C=O) groups excluding carboxylic acids is 11. The van der Waals surface area contributed by atoms with Gasteiger partial charge in [-0.1, -0.05) is 27.7 Å². The second-order valence-corrected chi connectivity index (χ2v) is 19.0. The van der Waals surface area contributed by atoms with Gasteiger partial charge < -0.3 is 79.4 Å². The van der Waals surface area contributed by atoms with E-state index in [4.69, 9.17) is 17.2 Å². The van der Waals surface area contributed by atoms with E-state index in [0.717, 1.165) is 11.8 Å². The third-order valence-corrected chi connectivity index (χ3v) is 11.5. The van der Waals surface area contributed by atoms with E-state index in [1.807, 2.05) is 13.8 Å². The molecule has 396 valence electrons. The summed E-state index contributed by atoms with van der Waals surface area (Å²) in [6.07, 6.45) is -2.68. The Morgan fingerprint density at radius 3 is 1.64 bits per heavy atom. The van der Waals surface area contributed by atoms with E-state index >= 15 is 0 Å². The number of amides is 10. The minimum absolute atomic E-state index is 0.0403. The number of aliphatic hydroxyl groups is 2. The molecule has 0 bridgehead atoms. The lowest BCUT2D eigenvalue weighted by atomic mass is 10.0. The summed E-state index contributed by atoms with van der Waals surface area (Å²) in [6.45, 7) is 9.50. The number of carboxylic acid groups (broad SMARTS) is 1. The van der Waals surface area contributed by atoms with Crippen molar-refractivity contribution in [2.45, 2.75) is 166 Å². The molecule has 11 atom stereocenters. The van der Waals surface area contributed by atoms with E-state index in [0.29, 0.717) is 24.9 Å². The second kappa shape index (κ2) is 30.6. The van der Waals surface area contributed by atoms with Gasteiger partial charge in [-0.3, -0.25) is 52.7 Å². The minimum atomic E-state index is -1.94. The number of nitrogens with two attached hydrogens (primary N) is 3. The second-order valence-electron chi connectivity index (χ2n) is 18.1. The Morgan fingerprint density at radius 2 is 1.14 bits per heavy atom. The molecule has 0 radical (unpaired) electrons. The molecule has 27 heteroatoms. The highest BCUT2D eigenvalue weighted by molar-refractivity contribution is 7.98. The fourth-order valence-electron chi connectivity index (χ4n) is 7.20. The number of aldehydes is 1. The van der Waals surface area contributed by atoms with E-state index in [9.17, 15) is 72.9 Å². The van der Waals surface area contributed by atoms with Crippen LogP contribution in [0.5, 0.6) is 0 Å². The number of carboxylic acids is 1. The molecule has 0 aliphatic carbocycles. The van der Waals surface area contributed by atoms with Crippen LogP contribution in [0, 0.1) is 11.8 Å². The van der Waals surface area contributed by atoms with Crippen LogP contribution in [0.3, 0.4) is 0 Å². The van der Waals surface area contributed by atoms with Crippen molar-refractivity contribution in [2.75, 3.05) is 18.6 Å². The van der Waals surface area contributed by atoms with Crippen LogP contribution in [-0.4, -0.2) is 177 Å². The third kappa shape index (κ3) is 21.8. The number of aliphatic hydroxyl groups excluding tert-OH is 2. The first-order valence-corrected chi connectivity index (χ1v) is 24.3. The maximum atomic E-state index is 13.9. The van der Waals surface area contributed by atoms with Gasteiger partial charge in [0.2, 0.25) is 59.1 Å². The summed E-state index contributed by atoms with van der Waals surface area (Å²) in [6, 6.07) is -13.4. The molecule has 10 amide bonds. The first-order valence-electron chi connectivity index (χ1n) is 22.9. The molecule has 0 aromatic rings. The molecule has 26 nitrogen and oxygen atoms in total. The Labute approximate surface area is 410 Å². The monoisotopic (exact) mass is 1020 g/mol. The lowest BCUT2D eigenvalue weighted by Gasteiger charge is -2.29. The Kier molecular flexibility index (Phi) is 27.2. The van der Waals surface area contributed by atoms with Crippen molar-refractivity contribution >= 4 is 83.1 Å². The van der Waals surface area contributed by atoms with Crippen molar-refractivity contribution in [3.63, 3.8) is 0 Å². The molecular weight excluding hydrogens is 943 g/mol. The zero-order chi connectivity index (χ0) is 53.6. The zero-order valence-electron chi connectivity index (χ0n) is 40.7. The van der Waals surface area contributed by atoms with E-state index < -0.39 is 157 Å². The number of carbonyl (C=O) groups is 12. The normalized spacial score (nSPS) is 17.7. The molecule has 0 spiro atoms. The van der Waals surface area contributed by atoms with E-state index in [2.05, 4.69) is 37.2 Å². The molecule has 70 heavy (non-hydrogen) atoms. The van der Waals surface area contributed by atoms with Crippen LogP contribution in [0.4, 0.5) is 0 Å². The first-order chi connectivity index (χ1) is 32.6. The molecule has 1 heterocycles. The van der Waals surface area contributed by atoms with Crippen LogP contribution >= 0.6 is 11.8 Å². The quantitative estimate of drug-likeness (QED) is 0.0281. The SMILES string of the molecule is CSCC[C@H](NC(=O)[C@@H](NC(=O)[C@H](CC(N)=O)NC(=O)[C@H](CC(C)C)NC(=O)[C@H](CC(=O)O)NC(=O)[C@H](CCC(N)=O)NC(=O)[C@@H]1CCCN1C(=O)[C@@H](N)[C@@H](C)O)[C@@H](C)O)C(=O)N[C@H](C=O)CC(C)C. The highest BCUT2D eigenvalue weighted by Gasteiger charge is 2.40. The maximum absolute atomic E-state index is 13.9. The van der Waals surface area contributed by atoms with Crippen molar-refractivity contribution < 1.29 is 72.9 Å². The molecule has 1 aliphatic rings. The highest BCUT2D eigenvalue weighted by atomic mass is 32.2. The first kappa shape index (κ1) is 62.1. The lowest BCUT2D eigenvalue weighted by molar-refractivity contribution is -0.142. The number of likely N-dealkylation sites (tertiary alicyclic amines) is 1. The topological polar surface area (TPSA) is 431 Å². The Bertz CT molecular complexity index is 1870. The fourth-order valence-corrected chi connectivity index (χ4v) is 7.67. The van der Waals surface area contributed by atoms with Gasteiger partial charge in [0.25, 0.3) is 0 Å². The number of aliphatic carboxylic acids is 1. The average Bonchev–Trinajstić information content (AvgIpc) is 3.76. The predicted molar refractivity (Wildman–Crippen MR) is 252 cm³/mol. The smallest absolute Gasteiger partial charge is 0.305 e. The Balaban J connectivity index is 3.40.